The zero-order valence-electron chi connectivity index (χ0n) is 12.6. The molecule has 1 atom stereocenters. The molecule has 0 radical (unpaired) electrons. The fourth-order valence-corrected chi connectivity index (χ4v) is 2.89. The van der Waals surface area contributed by atoms with Crippen LogP contribution in [0.25, 0.3) is 0 Å². The minimum atomic E-state index is 0.323. The van der Waals surface area contributed by atoms with Crippen LogP contribution in [0, 0.1) is 13.8 Å². The summed E-state index contributed by atoms with van der Waals surface area (Å²) in [4.78, 5) is 0. The van der Waals surface area contributed by atoms with Crippen molar-refractivity contribution in [3.8, 4) is 0 Å². The lowest BCUT2D eigenvalue weighted by Crippen LogP contribution is -2.21. The molecule has 108 valence electrons. The summed E-state index contributed by atoms with van der Waals surface area (Å²) in [5.41, 5.74) is 4.94. The van der Waals surface area contributed by atoms with Crippen molar-refractivity contribution in [2.45, 2.75) is 46.8 Å². The minimum Gasteiger partial charge on any atom is -0.305 e. The van der Waals surface area contributed by atoms with Gasteiger partial charge in [-0.05, 0) is 54.8 Å². The third-order valence-corrected chi connectivity index (χ3v) is 4.71. The predicted molar refractivity (Wildman–Crippen MR) is 86.8 cm³/mol. The zero-order valence-corrected chi connectivity index (χ0v) is 14.2. The highest BCUT2D eigenvalue weighted by Gasteiger charge is 2.14. The SMILES string of the molecule is CCn1nc(C)c(Br)c1CNC(C)c1ccccc1C. The average Bonchev–Trinajstić information content (AvgIpc) is 2.72. The summed E-state index contributed by atoms with van der Waals surface area (Å²) < 4.78 is 3.17. The van der Waals surface area contributed by atoms with Gasteiger partial charge in [-0.25, -0.2) is 0 Å². The summed E-state index contributed by atoms with van der Waals surface area (Å²) in [6.07, 6.45) is 0. The van der Waals surface area contributed by atoms with E-state index in [0.717, 1.165) is 23.3 Å². The molecule has 0 aliphatic heterocycles. The molecule has 1 aromatic carbocycles. The van der Waals surface area contributed by atoms with Crippen molar-refractivity contribution in [3.05, 3.63) is 51.3 Å². The third kappa shape index (κ3) is 3.13. The summed E-state index contributed by atoms with van der Waals surface area (Å²) in [7, 11) is 0. The molecular formula is C16H22BrN3. The van der Waals surface area contributed by atoms with Crippen LogP contribution < -0.4 is 5.32 Å². The van der Waals surface area contributed by atoms with Crippen LogP contribution in [-0.4, -0.2) is 9.78 Å². The standard InChI is InChI=1S/C16H22BrN3/c1-5-20-15(16(17)13(4)19-20)10-18-12(3)14-9-7-6-8-11(14)2/h6-9,12,18H,5,10H2,1-4H3. The van der Waals surface area contributed by atoms with E-state index in [1.54, 1.807) is 0 Å². The molecule has 0 amide bonds. The van der Waals surface area contributed by atoms with Crippen molar-refractivity contribution in [2.24, 2.45) is 0 Å². The zero-order chi connectivity index (χ0) is 14.7. The summed E-state index contributed by atoms with van der Waals surface area (Å²) in [6, 6.07) is 8.84. The van der Waals surface area contributed by atoms with Crippen molar-refractivity contribution in [1.29, 1.82) is 0 Å². The molecule has 3 nitrogen and oxygen atoms in total. The van der Waals surface area contributed by atoms with Crippen LogP contribution in [0.15, 0.2) is 28.7 Å². The van der Waals surface area contributed by atoms with E-state index in [9.17, 15) is 0 Å². The number of aromatic nitrogens is 2. The van der Waals surface area contributed by atoms with Gasteiger partial charge in [0.05, 0.1) is 15.9 Å². The van der Waals surface area contributed by atoms with Crippen LogP contribution in [0.4, 0.5) is 0 Å². The lowest BCUT2D eigenvalue weighted by atomic mass is 10.0. The highest BCUT2D eigenvalue weighted by atomic mass is 79.9. The van der Waals surface area contributed by atoms with E-state index < -0.39 is 0 Å². The first-order valence-corrected chi connectivity index (χ1v) is 7.84. The predicted octanol–water partition coefficient (Wildman–Crippen LogP) is 4.13. The Kier molecular flexibility index (Phi) is 5.00. The van der Waals surface area contributed by atoms with Crippen LogP contribution in [0.3, 0.4) is 0 Å². The van der Waals surface area contributed by atoms with Gasteiger partial charge in [0, 0.05) is 19.1 Å². The molecule has 0 spiro atoms. The Morgan fingerprint density at radius 2 is 2.00 bits per heavy atom. The second kappa shape index (κ2) is 6.55. The van der Waals surface area contributed by atoms with Crippen molar-refractivity contribution >= 4 is 15.9 Å². The van der Waals surface area contributed by atoms with E-state index >= 15 is 0 Å². The summed E-state index contributed by atoms with van der Waals surface area (Å²) in [5.74, 6) is 0. The normalized spacial score (nSPS) is 12.7. The molecule has 0 saturated heterocycles. The smallest absolute Gasteiger partial charge is 0.0739 e. The minimum absolute atomic E-state index is 0.323. The van der Waals surface area contributed by atoms with Gasteiger partial charge in [0.15, 0.2) is 0 Å². The van der Waals surface area contributed by atoms with Crippen LogP contribution in [0.2, 0.25) is 0 Å². The second-order valence-electron chi connectivity index (χ2n) is 5.12. The van der Waals surface area contributed by atoms with Crippen molar-refractivity contribution < 1.29 is 0 Å². The van der Waals surface area contributed by atoms with E-state index in [1.165, 1.54) is 16.8 Å². The van der Waals surface area contributed by atoms with Crippen molar-refractivity contribution in [3.63, 3.8) is 0 Å². The Labute approximate surface area is 129 Å². The maximum Gasteiger partial charge on any atom is 0.0739 e. The molecule has 1 N–H and O–H groups in total. The molecule has 0 bridgehead atoms. The van der Waals surface area contributed by atoms with Gasteiger partial charge in [-0.2, -0.15) is 5.10 Å². The molecule has 0 saturated carbocycles. The molecule has 1 aromatic heterocycles. The first-order valence-electron chi connectivity index (χ1n) is 7.05. The maximum atomic E-state index is 4.53. The van der Waals surface area contributed by atoms with Gasteiger partial charge in [0.1, 0.15) is 0 Å². The van der Waals surface area contributed by atoms with E-state index in [0.29, 0.717) is 6.04 Å². The highest BCUT2D eigenvalue weighted by Crippen LogP contribution is 2.22. The highest BCUT2D eigenvalue weighted by molar-refractivity contribution is 9.10. The number of halogens is 1. The molecule has 2 aromatic rings. The van der Waals surface area contributed by atoms with E-state index in [2.05, 4.69) is 76.1 Å². The first kappa shape index (κ1) is 15.3. The van der Waals surface area contributed by atoms with Gasteiger partial charge in [-0.1, -0.05) is 24.3 Å². The van der Waals surface area contributed by atoms with Gasteiger partial charge in [-0.3, -0.25) is 4.68 Å². The van der Waals surface area contributed by atoms with Crippen LogP contribution >= 0.6 is 15.9 Å². The Morgan fingerprint density at radius 3 is 2.65 bits per heavy atom. The second-order valence-corrected chi connectivity index (χ2v) is 5.91. The number of aryl methyl sites for hydroxylation is 3. The van der Waals surface area contributed by atoms with E-state index in [-0.39, 0.29) is 0 Å². The lowest BCUT2D eigenvalue weighted by Gasteiger charge is -2.17. The van der Waals surface area contributed by atoms with Gasteiger partial charge in [-0.15, -0.1) is 0 Å². The fraction of sp³-hybridized carbons (Fsp3) is 0.438. The third-order valence-electron chi connectivity index (χ3n) is 3.68. The van der Waals surface area contributed by atoms with Gasteiger partial charge in [0.2, 0.25) is 0 Å². The molecule has 0 aliphatic carbocycles. The Balaban J connectivity index is 2.11. The first-order chi connectivity index (χ1) is 9.54. The number of hydrogen-bond donors (Lipinski definition) is 1. The number of rotatable bonds is 5. The van der Waals surface area contributed by atoms with Crippen molar-refractivity contribution in [1.82, 2.24) is 15.1 Å². The van der Waals surface area contributed by atoms with Crippen LogP contribution in [-0.2, 0) is 13.1 Å². The van der Waals surface area contributed by atoms with Crippen LogP contribution in [0.5, 0.6) is 0 Å². The Morgan fingerprint density at radius 1 is 1.30 bits per heavy atom. The Bertz CT molecular complexity index is 589. The largest absolute Gasteiger partial charge is 0.305 e. The molecule has 2 rings (SSSR count). The summed E-state index contributed by atoms with van der Waals surface area (Å²) in [5, 5.41) is 8.12. The fourth-order valence-electron chi connectivity index (χ4n) is 2.47. The maximum absolute atomic E-state index is 4.53. The quantitative estimate of drug-likeness (QED) is 0.890. The molecule has 0 fully saturated rings. The van der Waals surface area contributed by atoms with Crippen molar-refractivity contribution in [2.75, 3.05) is 0 Å². The average molecular weight is 336 g/mol. The van der Waals surface area contributed by atoms with E-state index in [1.807, 2.05) is 6.92 Å². The Hall–Kier alpha value is -1.13. The van der Waals surface area contributed by atoms with Gasteiger partial charge < -0.3 is 5.32 Å². The molecule has 1 unspecified atom stereocenters. The van der Waals surface area contributed by atoms with E-state index in [4.69, 9.17) is 0 Å². The van der Waals surface area contributed by atoms with Gasteiger partial charge >= 0.3 is 0 Å². The van der Waals surface area contributed by atoms with Gasteiger partial charge in [0.25, 0.3) is 0 Å². The lowest BCUT2D eigenvalue weighted by molar-refractivity contribution is 0.528. The molecule has 0 aliphatic rings. The summed E-state index contributed by atoms with van der Waals surface area (Å²) >= 11 is 3.64. The molecule has 4 heteroatoms. The monoisotopic (exact) mass is 335 g/mol. The summed E-state index contributed by atoms with van der Waals surface area (Å²) in [6.45, 7) is 10.2. The molecular weight excluding hydrogens is 314 g/mol. The number of nitrogens with one attached hydrogen (secondary N) is 1. The molecule has 1 heterocycles. The number of nitrogens with zero attached hydrogens (tertiary/aromatic N) is 2. The van der Waals surface area contributed by atoms with Crippen LogP contribution in [0.1, 0.15) is 42.4 Å². The number of benzene rings is 1. The topological polar surface area (TPSA) is 29.9 Å². The molecule has 20 heavy (non-hydrogen) atoms. The number of hydrogen-bond acceptors (Lipinski definition) is 2.